The van der Waals surface area contributed by atoms with Gasteiger partial charge in [0.05, 0.1) is 25.9 Å². The number of ether oxygens (including phenoxy) is 2. The summed E-state index contributed by atoms with van der Waals surface area (Å²) in [6, 6.07) is 7.84. The van der Waals surface area contributed by atoms with Gasteiger partial charge in [-0.2, -0.15) is 0 Å². The molecule has 0 aliphatic rings. The molecule has 0 radical (unpaired) electrons. The largest absolute Gasteiger partial charge is 0.376 e. The van der Waals surface area contributed by atoms with Crippen molar-refractivity contribution in [1.82, 2.24) is 4.90 Å². The fourth-order valence-corrected chi connectivity index (χ4v) is 1.96. The number of carbonyl (C=O) groups is 1. The number of amides is 2. The molecule has 0 aliphatic heterocycles. The molecule has 0 unspecified atom stereocenters. The van der Waals surface area contributed by atoms with Crippen molar-refractivity contribution in [3.63, 3.8) is 0 Å². The highest BCUT2D eigenvalue weighted by Gasteiger charge is 2.13. The minimum absolute atomic E-state index is 0.0947. The lowest BCUT2D eigenvalue weighted by Gasteiger charge is -2.24. The standard InChI is InChI=1S/C18H30N2O3/c1-6-15(4)20(5)18(21)19-17-9-7-8-16(12-17)13-22-10-11-23-14(2)3/h7-9,12,14-15H,6,10-11,13H2,1-5H3,(H,19,21)/t15-/m0/s1. The SMILES string of the molecule is CC[C@H](C)N(C)C(=O)Nc1cccc(COCCOC(C)C)c1. The van der Waals surface area contributed by atoms with Crippen molar-refractivity contribution >= 4 is 11.7 Å². The minimum atomic E-state index is -0.0947. The van der Waals surface area contributed by atoms with Gasteiger partial charge in [0.25, 0.3) is 0 Å². The van der Waals surface area contributed by atoms with E-state index in [0.717, 1.165) is 17.7 Å². The molecule has 0 spiro atoms. The molecular formula is C18H30N2O3. The first-order chi connectivity index (χ1) is 10.9. The van der Waals surface area contributed by atoms with Gasteiger partial charge in [-0.05, 0) is 44.9 Å². The van der Waals surface area contributed by atoms with Gasteiger partial charge in [0.2, 0.25) is 0 Å². The van der Waals surface area contributed by atoms with Crippen LogP contribution in [0.25, 0.3) is 0 Å². The molecule has 0 saturated carbocycles. The molecule has 1 aromatic carbocycles. The third-order valence-electron chi connectivity index (χ3n) is 3.70. The van der Waals surface area contributed by atoms with E-state index in [-0.39, 0.29) is 18.2 Å². The maximum Gasteiger partial charge on any atom is 0.321 e. The van der Waals surface area contributed by atoms with Crippen LogP contribution in [0.4, 0.5) is 10.5 Å². The van der Waals surface area contributed by atoms with Gasteiger partial charge in [0.1, 0.15) is 0 Å². The van der Waals surface area contributed by atoms with Crippen molar-refractivity contribution in [1.29, 1.82) is 0 Å². The van der Waals surface area contributed by atoms with E-state index < -0.39 is 0 Å². The van der Waals surface area contributed by atoms with E-state index in [0.29, 0.717) is 19.8 Å². The third kappa shape index (κ3) is 7.48. The molecule has 0 bridgehead atoms. The molecular weight excluding hydrogens is 292 g/mol. The highest BCUT2D eigenvalue weighted by Crippen LogP contribution is 2.13. The number of benzene rings is 1. The number of nitrogens with one attached hydrogen (secondary N) is 1. The van der Waals surface area contributed by atoms with Crippen molar-refractivity contribution < 1.29 is 14.3 Å². The summed E-state index contributed by atoms with van der Waals surface area (Å²) in [7, 11) is 1.81. The first-order valence-electron chi connectivity index (χ1n) is 8.26. The monoisotopic (exact) mass is 322 g/mol. The predicted octanol–water partition coefficient (Wildman–Crippen LogP) is 3.89. The maximum atomic E-state index is 12.2. The lowest BCUT2D eigenvalue weighted by atomic mass is 10.2. The number of urea groups is 1. The summed E-state index contributed by atoms with van der Waals surface area (Å²) in [5.41, 5.74) is 1.81. The molecule has 5 heteroatoms. The van der Waals surface area contributed by atoms with Crippen LogP contribution in [0, 0.1) is 0 Å². The Kier molecular flexibility index (Phi) is 8.66. The summed E-state index contributed by atoms with van der Waals surface area (Å²) in [5, 5.41) is 2.92. The van der Waals surface area contributed by atoms with E-state index in [9.17, 15) is 4.79 Å². The molecule has 23 heavy (non-hydrogen) atoms. The van der Waals surface area contributed by atoms with Crippen molar-refractivity contribution in [2.24, 2.45) is 0 Å². The molecule has 0 aromatic heterocycles. The summed E-state index contributed by atoms with van der Waals surface area (Å²) in [6.45, 7) is 9.76. The molecule has 0 fully saturated rings. The van der Waals surface area contributed by atoms with E-state index in [1.54, 1.807) is 4.90 Å². The molecule has 0 heterocycles. The van der Waals surface area contributed by atoms with Gasteiger partial charge in [-0.25, -0.2) is 4.79 Å². The molecule has 0 saturated heterocycles. The Morgan fingerprint density at radius 1 is 1.26 bits per heavy atom. The minimum Gasteiger partial charge on any atom is -0.376 e. The fourth-order valence-electron chi connectivity index (χ4n) is 1.96. The number of hydrogen-bond acceptors (Lipinski definition) is 3. The van der Waals surface area contributed by atoms with Crippen LogP contribution in [0.1, 0.15) is 39.7 Å². The van der Waals surface area contributed by atoms with E-state index in [1.165, 1.54) is 0 Å². The second kappa shape index (κ2) is 10.2. The van der Waals surface area contributed by atoms with Gasteiger partial charge in [0.15, 0.2) is 0 Å². The van der Waals surface area contributed by atoms with Crippen molar-refractivity contribution in [2.75, 3.05) is 25.6 Å². The Labute approximate surface area is 140 Å². The third-order valence-corrected chi connectivity index (χ3v) is 3.70. The van der Waals surface area contributed by atoms with Crippen LogP contribution < -0.4 is 5.32 Å². The van der Waals surface area contributed by atoms with Crippen LogP contribution in [0.3, 0.4) is 0 Å². The van der Waals surface area contributed by atoms with Gasteiger partial charge in [-0.1, -0.05) is 19.1 Å². The van der Waals surface area contributed by atoms with E-state index in [1.807, 2.05) is 52.1 Å². The van der Waals surface area contributed by atoms with Crippen LogP contribution in [0.2, 0.25) is 0 Å². The Morgan fingerprint density at radius 3 is 2.65 bits per heavy atom. The van der Waals surface area contributed by atoms with E-state index in [2.05, 4.69) is 12.2 Å². The zero-order valence-corrected chi connectivity index (χ0v) is 15.0. The second-order valence-corrected chi connectivity index (χ2v) is 5.97. The maximum absolute atomic E-state index is 12.2. The van der Waals surface area contributed by atoms with Crippen LogP contribution in [-0.2, 0) is 16.1 Å². The Bertz CT molecular complexity index is 477. The number of anilines is 1. The van der Waals surface area contributed by atoms with Crippen LogP contribution in [0.5, 0.6) is 0 Å². The van der Waals surface area contributed by atoms with Crippen LogP contribution in [0.15, 0.2) is 24.3 Å². The predicted molar refractivity (Wildman–Crippen MR) is 93.7 cm³/mol. The zero-order valence-electron chi connectivity index (χ0n) is 15.0. The number of carbonyl (C=O) groups excluding carboxylic acids is 1. The first-order valence-corrected chi connectivity index (χ1v) is 8.26. The quantitative estimate of drug-likeness (QED) is 0.702. The summed E-state index contributed by atoms with van der Waals surface area (Å²) >= 11 is 0. The van der Waals surface area contributed by atoms with Gasteiger partial charge in [0, 0.05) is 18.8 Å². The van der Waals surface area contributed by atoms with Gasteiger partial charge >= 0.3 is 6.03 Å². The van der Waals surface area contributed by atoms with E-state index in [4.69, 9.17) is 9.47 Å². The highest BCUT2D eigenvalue weighted by molar-refractivity contribution is 5.89. The molecule has 0 aliphatic carbocycles. The normalized spacial score (nSPS) is 12.3. The molecule has 1 atom stereocenters. The number of nitrogens with zero attached hydrogens (tertiary/aromatic N) is 1. The average Bonchev–Trinajstić information content (AvgIpc) is 2.53. The van der Waals surface area contributed by atoms with Gasteiger partial charge < -0.3 is 19.7 Å². The Morgan fingerprint density at radius 2 is 2.00 bits per heavy atom. The molecule has 1 rings (SSSR count). The average molecular weight is 322 g/mol. The Balaban J connectivity index is 2.45. The van der Waals surface area contributed by atoms with Gasteiger partial charge in [-0.3, -0.25) is 0 Å². The number of hydrogen-bond donors (Lipinski definition) is 1. The summed E-state index contributed by atoms with van der Waals surface area (Å²) in [4.78, 5) is 13.9. The first kappa shape index (κ1) is 19.5. The highest BCUT2D eigenvalue weighted by atomic mass is 16.5. The van der Waals surface area contributed by atoms with Crippen molar-refractivity contribution in [3.05, 3.63) is 29.8 Å². The summed E-state index contributed by atoms with van der Waals surface area (Å²) in [6.07, 6.45) is 1.15. The smallest absolute Gasteiger partial charge is 0.321 e. The topological polar surface area (TPSA) is 50.8 Å². The molecule has 1 aromatic rings. The lowest BCUT2D eigenvalue weighted by Crippen LogP contribution is -2.37. The summed E-state index contributed by atoms with van der Waals surface area (Å²) in [5.74, 6) is 0. The molecule has 1 N–H and O–H groups in total. The second-order valence-electron chi connectivity index (χ2n) is 5.97. The zero-order chi connectivity index (χ0) is 17.2. The van der Waals surface area contributed by atoms with Crippen molar-refractivity contribution in [3.8, 4) is 0 Å². The molecule has 2 amide bonds. The van der Waals surface area contributed by atoms with Gasteiger partial charge in [-0.15, -0.1) is 0 Å². The van der Waals surface area contributed by atoms with Crippen LogP contribution >= 0.6 is 0 Å². The summed E-state index contributed by atoms with van der Waals surface area (Å²) < 4.78 is 11.0. The molecule has 5 nitrogen and oxygen atoms in total. The van der Waals surface area contributed by atoms with E-state index >= 15 is 0 Å². The van der Waals surface area contributed by atoms with Crippen LogP contribution in [-0.4, -0.2) is 43.3 Å². The van der Waals surface area contributed by atoms with Crippen molar-refractivity contribution in [2.45, 2.75) is 52.9 Å². The number of rotatable bonds is 9. The molecule has 130 valence electrons. The lowest BCUT2D eigenvalue weighted by molar-refractivity contribution is 0.0143. The fraction of sp³-hybridized carbons (Fsp3) is 0.611. The Hall–Kier alpha value is -1.59.